The predicted octanol–water partition coefficient (Wildman–Crippen LogP) is 1.75. The van der Waals surface area contributed by atoms with Crippen molar-refractivity contribution in [2.45, 2.75) is 32.4 Å². The Kier molecular flexibility index (Phi) is 5.40. The number of alkyl carbamates (subject to hydrolysis) is 1. The van der Waals surface area contributed by atoms with Gasteiger partial charge >= 0.3 is 12.1 Å². The molecule has 7 nitrogen and oxygen atoms in total. The number of phenols is 1. The Morgan fingerprint density at radius 2 is 1.90 bits per heavy atom. The first-order valence-electron chi connectivity index (χ1n) is 6.32. The van der Waals surface area contributed by atoms with Gasteiger partial charge in [-0.25, -0.2) is 9.59 Å². The Balaban J connectivity index is 2.61. The van der Waals surface area contributed by atoms with E-state index in [0.29, 0.717) is 0 Å². The minimum atomic E-state index is -1.29. The summed E-state index contributed by atoms with van der Waals surface area (Å²) in [7, 11) is 0. The van der Waals surface area contributed by atoms with E-state index in [0.717, 1.165) is 0 Å². The number of para-hydroxylation sites is 2. The van der Waals surface area contributed by atoms with E-state index < -0.39 is 23.7 Å². The standard InChI is InChI=1S/C14H19NO6/c1-14(2,3)21-13(19)15-9(12(17)18)8-20-11-7-5-4-6-10(11)16/h4-7,9,16H,8H2,1-3H3,(H,15,19)(H,17,18)/t9-/m1/s1. The number of hydrogen-bond donors (Lipinski definition) is 3. The summed E-state index contributed by atoms with van der Waals surface area (Å²) in [5, 5.41) is 20.8. The Labute approximate surface area is 122 Å². The molecule has 0 aliphatic rings. The highest BCUT2D eigenvalue weighted by Gasteiger charge is 2.24. The van der Waals surface area contributed by atoms with Gasteiger partial charge in [0.15, 0.2) is 17.5 Å². The van der Waals surface area contributed by atoms with Gasteiger partial charge in [0.25, 0.3) is 0 Å². The van der Waals surface area contributed by atoms with Crippen LogP contribution in [0.4, 0.5) is 4.79 Å². The van der Waals surface area contributed by atoms with Gasteiger partial charge < -0.3 is 25.0 Å². The van der Waals surface area contributed by atoms with Gasteiger partial charge in [0.2, 0.25) is 0 Å². The molecule has 1 amide bonds. The first kappa shape index (κ1) is 16.6. The van der Waals surface area contributed by atoms with Crippen LogP contribution in [0.25, 0.3) is 0 Å². The molecule has 1 aromatic carbocycles. The molecular formula is C14H19NO6. The van der Waals surface area contributed by atoms with Gasteiger partial charge in [-0.15, -0.1) is 0 Å². The minimum Gasteiger partial charge on any atom is -0.504 e. The van der Waals surface area contributed by atoms with Crippen LogP contribution >= 0.6 is 0 Å². The number of carboxylic acid groups (broad SMARTS) is 1. The van der Waals surface area contributed by atoms with Gasteiger partial charge in [-0.05, 0) is 32.9 Å². The largest absolute Gasteiger partial charge is 0.504 e. The predicted molar refractivity (Wildman–Crippen MR) is 74.4 cm³/mol. The third kappa shape index (κ3) is 6.03. The summed E-state index contributed by atoms with van der Waals surface area (Å²) in [6, 6.07) is 4.84. The van der Waals surface area contributed by atoms with Crippen molar-refractivity contribution in [3.8, 4) is 11.5 Å². The fraction of sp³-hybridized carbons (Fsp3) is 0.429. The molecule has 0 saturated carbocycles. The van der Waals surface area contributed by atoms with E-state index in [-0.39, 0.29) is 18.1 Å². The molecule has 1 rings (SSSR count). The molecule has 116 valence electrons. The van der Waals surface area contributed by atoms with Crippen molar-refractivity contribution < 1.29 is 29.3 Å². The van der Waals surface area contributed by atoms with Crippen molar-refractivity contribution in [3.63, 3.8) is 0 Å². The monoisotopic (exact) mass is 297 g/mol. The molecule has 0 aromatic heterocycles. The number of carbonyl (C=O) groups is 2. The quantitative estimate of drug-likeness (QED) is 0.764. The van der Waals surface area contributed by atoms with E-state index in [4.69, 9.17) is 14.6 Å². The molecule has 7 heteroatoms. The molecule has 0 heterocycles. The van der Waals surface area contributed by atoms with Crippen LogP contribution in [0.5, 0.6) is 11.5 Å². The summed E-state index contributed by atoms with van der Waals surface area (Å²) >= 11 is 0. The van der Waals surface area contributed by atoms with E-state index in [1.807, 2.05) is 0 Å². The molecule has 0 bridgehead atoms. The maximum Gasteiger partial charge on any atom is 0.408 e. The van der Waals surface area contributed by atoms with Crippen molar-refractivity contribution in [2.75, 3.05) is 6.61 Å². The summed E-state index contributed by atoms with van der Waals surface area (Å²) in [4.78, 5) is 22.6. The van der Waals surface area contributed by atoms with Gasteiger partial charge in [-0.2, -0.15) is 0 Å². The van der Waals surface area contributed by atoms with Crippen LogP contribution in [0, 0.1) is 0 Å². The Bertz CT molecular complexity index is 508. The third-order valence-electron chi connectivity index (χ3n) is 2.26. The number of carbonyl (C=O) groups excluding carboxylic acids is 1. The number of aliphatic carboxylic acids is 1. The van der Waals surface area contributed by atoms with Crippen molar-refractivity contribution in [1.82, 2.24) is 5.32 Å². The lowest BCUT2D eigenvalue weighted by molar-refractivity contribution is -0.140. The maximum absolute atomic E-state index is 11.6. The molecule has 1 atom stereocenters. The summed E-state index contributed by atoms with van der Waals surface area (Å²) in [6.45, 7) is 4.66. The number of nitrogens with one attached hydrogen (secondary N) is 1. The summed E-state index contributed by atoms with van der Waals surface area (Å²) < 4.78 is 10.2. The maximum atomic E-state index is 11.6. The number of aromatic hydroxyl groups is 1. The molecule has 0 saturated heterocycles. The Morgan fingerprint density at radius 3 is 2.43 bits per heavy atom. The van der Waals surface area contributed by atoms with E-state index in [2.05, 4.69) is 5.32 Å². The second-order valence-electron chi connectivity index (χ2n) is 5.32. The van der Waals surface area contributed by atoms with Crippen LogP contribution in [0.1, 0.15) is 20.8 Å². The number of hydrogen-bond acceptors (Lipinski definition) is 5. The highest BCUT2D eigenvalue weighted by Crippen LogP contribution is 2.24. The topological polar surface area (TPSA) is 105 Å². The number of amides is 1. The number of carboxylic acids is 1. The van der Waals surface area contributed by atoms with Crippen LogP contribution in [0.3, 0.4) is 0 Å². The van der Waals surface area contributed by atoms with Crippen LogP contribution in [0.2, 0.25) is 0 Å². The molecule has 0 radical (unpaired) electrons. The van der Waals surface area contributed by atoms with Gasteiger partial charge in [-0.1, -0.05) is 12.1 Å². The van der Waals surface area contributed by atoms with Gasteiger partial charge in [-0.3, -0.25) is 0 Å². The molecule has 0 fully saturated rings. The van der Waals surface area contributed by atoms with Crippen LogP contribution in [-0.2, 0) is 9.53 Å². The Morgan fingerprint density at radius 1 is 1.29 bits per heavy atom. The lowest BCUT2D eigenvalue weighted by Gasteiger charge is -2.22. The minimum absolute atomic E-state index is 0.112. The highest BCUT2D eigenvalue weighted by molar-refractivity contribution is 5.80. The first-order chi connectivity index (χ1) is 9.69. The summed E-state index contributed by atoms with van der Waals surface area (Å²) in [6.07, 6.45) is -0.851. The van der Waals surface area contributed by atoms with E-state index in [9.17, 15) is 14.7 Å². The van der Waals surface area contributed by atoms with Gasteiger partial charge in [0, 0.05) is 0 Å². The zero-order valence-electron chi connectivity index (χ0n) is 12.1. The van der Waals surface area contributed by atoms with E-state index in [1.165, 1.54) is 12.1 Å². The zero-order valence-corrected chi connectivity index (χ0v) is 12.1. The molecular weight excluding hydrogens is 278 g/mol. The van der Waals surface area contributed by atoms with Gasteiger partial charge in [0.05, 0.1) is 0 Å². The van der Waals surface area contributed by atoms with Crippen LogP contribution in [-0.4, -0.2) is 40.5 Å². The van der Waals surface area contributed by atoms with E-state index in [1.54, 1.807) is 32.9 Å². The second kappa shape index (κ2) is 6.83. The SMILES string of the molecule is CC(C)(C)OC(=O)N[C@H](COc1ccccc1O)C(=O)O. The molecule has 0 aliphatic carbocycles. The third-order valence-corrected chi connectivity index (χ3v) is 2.26. The molecule has 0 unspecified atom stereocenters. The van der Waals surface area contributed by atoms with E-state index >= 15 is 0 Å². The van der Waals surface area contributed by atoms with Crippen molar-refractivity contribution in [1.29, 1.82) is 0 Å². The number of phenolic OH excluding ortho intramolecular Hbond substituents is 1. The Hall–Kier alpha value is -2.44. The first-order valence-corrected chi connectivity index (χ1v) is 6.32. The number of ether oxygens (including phenoxy) is 2. The number of benzene rings is 1. The highest BCUT2D eigenvalue weighted by atomic mass is 16.6. The van der Waals surface area contributed by atoms with Crippen LogP contribution in [0.15, 0.2) is 24.3 Å². The molecule has 3 N–H and O–H groups in total. The van der Waals surface area contributed by atoms with Gasteiger partial charge in [0.1, 0.15) is 12.2 Å². The second-order valence-corrected chi connectivity index (χ2v) is 5.32. The average molecular weight is 297 g/mol. The van der Waals surface area contributed by atoms with Crippen molar-refractivity contribution in [3.05, 3.63) is 24.3 Å². The van der Waals surface area contributed by atoms with Crippen molar-refractivity contribution >= 4 is 12.1 Å². The fourth-order valence-corrected chi connectivity index (χ4v) is 1.38. The number of rotatable bonds is 5. The van der Waals surface area contributed by atoms with Crippen molar-refractivity contribution in [2.24, 2.45) is 0 Å². The molecule has 21 heavy (non-hydrogen) atoms. The molecule has 0 aliphatic heterocycles. The van der Waals surface area contributed by atoms with Crippen LogP contribution < -0.4 is 10.1 Å². The average Bonchev–Trinajstić information content (AvgIpc) is 2.33. The smallest absolute Gasteiger partial charge is 0.408 e. The fourth-order valence-electron chi connectivity index (χ4n) is 1.38. The normalized spacial score (nSPS) is 12.3. The zero-order chi connectivity index (χ0) is 16.0. The molecule has 1 aromatic rings. The lowest BCUT2D eigenvalue weighted by atomic mass is 10.2. The lowest BCUT2D eigenvalue weighted by Crippen LogP contribution is -2.46. The summed E-state index contributed by atoms with van der Waals surface area (Å²) in [5.74, 6) is -1.25. The molecule has 0 spiro atoms. The summed E-state index contributed by atoms with van der Waals surface area (Å²) in [5.41, 5.74) is -0.730.